The summed E-state index contributed by atoms with van der Waals surface area (Å²) in [5.41, 5.74) is 10.1. The van der Waals surface area contributed by atoms with Gasteiger partial charge >= 0.3 is 0 Å². The molecule has 0 fully saturated rings. The zero-order valence-corrected chi connectivity index (χ0v) is 21.1. The van der Waals surface area contributed by atoms with Crippen molar-refractivity contribution >= 4 is 11.1 Å². The third-order valence-corrected chi connectivity index (χ3v) is 7.60. The Hall–Kier alpha value is -3.04. The summed E-state index contributed by atoms with van der Waals surface area (Å²) >= 11 is 0. The molecule has 3 nitrogen and oxygen atoms in total. The lowest BCUT2D eigenvalue weighted by atomic mass is 9.85. The second-order valence-corrected chi connectivity index (χ2v) is 9.98. The van der Waals surface area contributed by atoms with Gasteiger partial charge in [0, 0.05) is 25.3 Å². The molecule has 0 radical (unpaired) electrons. The Labute approximate surface area is 210 Å². The molecule has 2 aliphatic carbocycles. The Morgan fingerprint density at radius 3 is 2.69 bits per heavy atom. The van der Waals surface area contributed by atoms with Crippen LogP contribution in [0.15, 0.2) is 94.9 Å². The van der Waals surface area contributed by atoms with Crippen LogP contribution in [-0.2, 0) is 0 Å². The lowest BCUT2D eigenvalue weighted by molar-refractivity contribution is 0.696. The number of hydrogen-bond donors (Lipinski definition) is 3. The van der Waals surface area contributed by atoms with E-state index in [1.807, 2.05) is 0 Å². The van der Waals surface area contributed by atoms with E-state index < -0.39 is 0 Å². The van der Waals surface area contributed by atoms with E-state index in [0.717, 1.165) is 58.3 Å². The standard InChI is InChI=1S/C32H39N3/c1-24(15-16-26(25-9-7-19-33-21-25)23-35-28-11-3-2-4-12-28)29-17-18-30(27-10-8-20-34-22-27)32-14-6-5-13-31(29)32/h2-3,5-6,9,11,13-16,22,33-35H,4,7-8,10,12,17-21,23H2,1H3/b24-15+,26-16+. The molecule has 4 aliphatic rings. The molecule has 0 amide bonds. The van der Waals surface area contributed by atoms with E-state index in [9.17, 15) is 0 Å². The Bertz CT molecular complexity index is 1250. The number of nitrogens with one attached hydrogen (secondary N) is 3. The molecule has 2 aliphatic heterocycles. The van der Waals surface area contributed by atoms with Crippen molar-refractivity contribution in [3.8, 4) is 0 Å². The van der Waals surface area contributed by atoms with E-state index in [0.29, 0.717) is 0 Å². The van der Waals surface area contributed by atoms with Crippen molar-refractivity contribution in [3.05, 3.63) is 105 Å². The van der Waals surface area contributed by atoms with Crippen LogP contribution in [-0.4, -0.2) is 26.2 Å². The first-order chi connectivity index (χ1) is 17.3. The minimum Gasteiger partial charge on any atom is -0.391 e. The summed E-state index contributed by atoms with van der Waals surface area (Å²) in [5, 5.41) is 13.6. The summed E-state index contributed by atoms with van der Waals surface area (Å²) in [5.74, 6) is 0. The third kappa shape index (κ3) is 5.79. The maximum Gasteiger partial charge on any atom is 0.0400 e. The molecule has 1 aromatic carbocycles. The summed E-state index contributed by atoms with van der Waals surface area (Å²) in [7, 11) is 0. The molecule has 0 saturated carbocycles. The molecule has 0 unspecified atom stereocenters. The summed E-state index contributed by atoms with van der Waals surface area (Å²) in [6.07, 6.45) is 24.0. The highest BCUT2D eigenvalue weighted by Crippen LogP contribution is 2.28. The van der Waals surface area contributed by atoms with Crippen molar-refractivity contribution in [3.63, 3.8) is 0 Å². The van der Waals surface area contributed by atoms with Crippen molar-refractivity contribution in [2.75, 3.05) is 26.2 Å². The smallest absolute Gasteiger partial charge is 0.0400 e. The second-order valence-electron chi connectivity index (χ2n) is 9.98. The fourth-order valence-corrected chi connectivity index (χ4v) is 5.61. The number of rotatable bonds is 7. The molecule has 35 heavy (non-hydrogen) atoms. The number of hydrogen-bond acceptors (Lipinski definition) is 3. The maximum atomic E-state index is 3.70. The summed E-state index contributed by atoms with van der Waals surface area (Å²) in [6, 6.07) is 9.03. The molecule has 0 aromatic heterocycles. The van der Waals surface area contributed by atoms with Gasteiger partial charge in [0.15, 0.2) is 0 Å². The Morgan fingerprint density at radius 2 is 1.91 bits per heavy atom. The molecular formula is C32H39N3. The van der Waals surface area contributed by atoms with Gasteiger partial charge < -0.3 is 16.0 Å². The van der Waals surface area contributed by atoms with Gasteiger partial charge in [-0.2, -0.15) is 0 Å². The van der Waals surface area contributed by atoms with Gasteiger partial charge in [-0.25, -0.2) is 0 Å². The first-order valence-corrected chi connectivity index (χ1v) is 13.4. The predicted octanol–water partition coefficient (Wildman–Crippen LogP) is 4.67. The van der Waals surface area contributed by atoms with Gasteiger partial charge in [-0.3, -0.25) is 0 Å². The molecule has 2 heterocycles. The lowest BCUT2D eigenvalue weighted by Gasteiger charge is -2.22. The van der Waals surface area contributed by atoms with E-state index in [4.69, 9.17) is 0 Å². The molecule has 0 spiro atoms. The van der Waals surface area contributed by atoms with Crippen LogP contribution in [0.4, 0.5) is 0 Å². The van der Waals surface area contributed by atoms with Gasteiger partial charge in [0.2, 0.25) is 0 Å². The zero-order chi connectivity index (χ0) is 23.9. The molecule has 0 saturated heterocycles. The van der Waals surface area contributed by atoms with E-state index in [1.165, 1.54) is 62.4 Å². The minimum atomic E-state index is 0.877. The van der Waals surface area contributed by atoms with E-state index in [1.54, 1.807) is 0 Å². The van der Waals surface area contributed by atoms with Crippen LogP contribution in [0.25, 0.3) is 11.1 Å². The lowest BCUT2D eigenvalue weighted by Crippen LogP contribution is -2.33. The SMILES string of the molecule is C/C(=C\C=C(/CNC1=CC=CCC1)C1=CCCNC1)C1=c2ccccc2=C(C2=CNCCC2)CC1. The first kappa shape index (κ1) is 23.7. The van der Waals surface area contributed by atoms with Gasteiger partial charge in [0.1, 0.15) is 0 Å². The van der Waals surface area contributed by atoms with Crippen molar-refractivity contribution < 1.29 is 0 Å². The normalized spacial score (nSPS) is 21.0. The van der Waals surface area contributed by atoms with Crippen molar-refractivity contribution in [2.24, 2.45) is 0 Å². The fourth-order valence-electron chi connectivity index (χ4n) is 5.61. The van der Waals surface area contributed by atoms with E-state index in [-0.39, 0.29) is 0 Å². The van der Waals surface area contributed by atoms with Crippen LogP contribution in [0.2, 0.25) is 0 Å². The van der Waals surface area contributed by atoms with Crippen molar-refractivity contribution in [2.45, 2.75) is 51.9 Å². The third-order valence-electron chi connectivity index (χ3n) is 7.60. The van der Waals surface area contributed by atoms with Gasteiger partial charge in [-0.15, -0.1) is 0 Å². The van der Waals surface area contributed by atoms with Crippen LogP contribution in [0, 0.1) is 0 Å². The van der Waals surface area contributed by atoms with E-state index >= 15 is 0 Å². The highest BCUT2D eigenvalue weighted by Gasteiger charge is 2.17. The number of fused-ring (bicyclic) bond motifs is 1. The van der Waals surface area contributed by atoms with Gasteiger partial charge in [0.05, 0.1) is 0 Å². The van der Waals surface area contributed by atoms with Crippen molar-refractivity contribution in [1.82, 2.24) is 16.0 Å². The average molecular weight is 466 g/mol. The minimum absolute atomic E-state index is 0.877. The predicted molar refractivity (Wildman–Crippen MR) is 149 cm³/mol. The van der Waals surface area contributed by atoms with Crippen LogP contribution >= 0.6 is 0 Å². The molecular weight excluding hydrogens is 426 g/mol. The number of benzene rings is 1. The molecule has 3 N–H and O–H groups in total. The fraction of sp³-hybridized carbons (Fsp3) is 0.375. The summed E-state index contributed by atoms with van der Waals surface area (Å²) in [4.78, 5) is 0. The Balaban J connectivity index is 1.48. The summed E-state index contributed by atoms with van der Waals surface area (Å²) < 4.78 is 0. The molecule has 182 valence electrons. The zero-order valence-electron chi connectivity index (χ0n) is 21.1. The Kier molecular flexibility index (Phi) is 7.85. The van der Waals surface area contributed by atoms with Crippen LogP contribution < -0.4 is 26.4 Å². The van der Waals surface area contributed by atoms with Gasteiger partial charge in [-0.05, 0) is 115 Å². The largest absolute Gasteiger partial charge is 0.391 e. The van der Waals surface area contributed by atoms with Crippen LogP contribution in [0.3, 0.4) is 0 Å². The average Bonchev–Trinajstić information content (AvgIpc) is 2.94. The highest BCUT2D eigenvalue weighted by molar-refractivity contribution is 5.74. The highest BCUT2D eigenvalue weighted by atomic mass is 14.9. The van der Waals surface area contributed by atoms with Crippen molar-refractivity contribution in [1.29, 1.82) is 0 Å². The van der Waals surface area contributed by atoms with Crippen LogP contribution in [0.5, 0.6) is 0 Å². The molecule has 0 bridgehead atoms. The second kappa shape index (κ2) is 11.6. The molecule has 0 atom stereocenters. The van der Waals surface area contributed by atoms with E-state index in [2.05, 4.69) is 89.8 Å². The summed E-state index contributed by atoms with van der Waals surface area (Å²) in [6.45, 7) is 6.31. The van der Waals surface area contributed by atoms with Gasteiger partial charge in [-0.1, -0.05) is 54.6 Å². The van der Waals surface area contributed by atoms with Crippen LogP contribution in [0.1, 0.15) is 51.9 Å². The maximum absolute atomic E-state index is 3.70. The monoisotopic (exact) mass is 465 g/mol. The topological polar surface area (TPSA) is 36.1 Å². The molecule has 3 heteroatoms. The molecule has 5 rings (SSSR count). The quantitative estimate of drug-likeness (QED) is 0.513. The Morgan fingerprint density at radius 1 is 1.00 bits per heavy atom. The van der Waals surface area contributed by atoms with Gasteiger partial charge in [0.25, 0.3) is 0 Å². The number of allylic oxidation sites excluding steroid dienone is 8. The first-order valence-electron chi connectivity index (χ1n) is 13.4. The molecule has 1 aromatic rings.